The molecule has 0 radical (unpaired) electrons. The van der Waals surface area contributed by atoms with Gasteiger partial charge in [0.2, 0.25) is 15.9 Å². The SMILES string of the molecule is COc1ccc(N(CC(=O)Nc2ccccc2C(=O)c2ccccc2)S(C)(=O)=O)cc1. The summed E-state index contributed by atoms with van der Waals surface area (Å²) in [5.74, 6) is -0.254. The van der Waals surface area contributed by atoms with E-state index in [9.17, 15) is 18.0 Å². The van der Waals surface area contributed by atoms with Crippen LogP contribution in [0, 0.1) is 0 Å². The molecule has 0 fully saturated rings. The number of benzene rings is 3. The standard InChI is InChI=1S/C23H22N2O5S/c1-30-19-14-12-18(13-15-19)25(31(2,28)29)16-22(26)24-21-11-7-6-10-20(21)23(27)17-8-4-3-5-9-17/h3-15H,16H2,1-2H3,(H,24,26). The van der Waals surface area contributed by atoms with Crippen LogP contribution in [0.5, 0.6) is 5.75 Å². The smallest absolute Gasteiger partial charge is 0.245 e. The molecule has 7 nitrogen and oxygen atoms in total. The van der Waals surface area contributed by atoms with Gasteiger partial charge >= 0.3 is 0 Å². The zero-order valence-corrected chi connectivity index (χ0v) is 17.9. The zero-order chi connectivity index (χ0) is 22.4. The van der Waals surface area contributed by atoms with E-state index in [-0.39, 0.29) is 5.78 Å². The number of carbonyl (C=O) groups is 2. The number of hydrogen-bond acceptors (Lipinski definition) is 5. The summed E-state index contributed by atoms with van der Waals surface area (Å²) >= 11 is 0. The minimum atomic E-state index is -3.73. The number of rotatable bonds is 8. The van der Waals surface area contributed by atoms with Crippen LogP contribution in [0.3, 0.4) is 0 Å². The minimum Gasteiger partial charge on any atom is -0.497 e. The number of ether oxygens (including phenoxy) is 1. The third-order valence-electron chi connectivity index (χ3n) is 4.53. The molecule has 0 aliphatic heterocycles. The fourth-order valence-electron chi connectivity index (χ4n) is 3.00. The molecule has 0 heterocycles. The second-order valence-corrected chi connectivity index (χ2v) is 8.66. The Bertz CT molecular complexity index is 1180. The van der Waals surface area contributed by atoms with Crippen molar-refractivity contribution in [3.63, 3.8) is 0 Å². The summed E-state index contributed by atoms with van der Waals surface area (Å²) in [7, 11) is -2.22. The second kappa shape index (κ2) is 9.44. The minimum absolute atomic E-state index is 0.244. The van der Waals surface area contributed by atoms with Crippen LogP contribution < -0.4 is 14.4 Å². The average molecular weight is 439 g/mol. The van der Waals surface area contributed by atoms with Crippen molar-refractivity contribution >= 4 is 33.1 Å². The molecule has 0 saturated heterocycles. The second-order valence-electron chi connectivity index (χ2n) is 6.76. The molecular formula is C23H22N2O5S. The van der Waals surface area contributed by atoms with Gasteiger partial charge in [0.15, 0.2) is 5.78 Å². The van der Waals surface area contributed by atoms with Gasteiger partial charge in [0.25, 0.3) is 0 Å². The number of nitrogens with zero attached hydrogens (tertiary/aromatic N) is 1. The normalized spacial score (nSPS) is 10.9. The van der Waals surface area contributed by atoms with Gasteiger partial charge < -0.3 is 10.1 Å². The first-order valence-electron chi connectivity index (χ1n) is 9.40. The lowest BCUT2D eigenvalue weighted by Crippen LogP contribution is -2.37. The van der Waals surface area contributed by atoms with Crippen molar-refractivity contribution in [1.82, 2.24) is 0 Å². The number of anilines is 2. The van der Waals surface area contributed by atoms with Gasteiger partial charge in [-0.2, -0.15) is 0 Å². The summed E-state index contributed by atoms with van der Waals surface area (Å²) in [6.07, 6.45) is 1.03. The zero-order valence-electron chi connectivity index (χ0n) is 17.1. The number of methoxy groups -OCH3 is 1. The highest BCUT2D eigenvalue weighted by Crippen LogP contribution is 2.23. The Morgan fingerprint density at radius 2 is 1.52 bits per heavy atom. The number of sulfonamides is 1. The van der Waals surface area contributed by atoms with E-state index in [0.717, 1.165) is 10.6 Å². The lowest BCUT2D eigenvalue weighted by molar-refractivity contribution is -0.114. The van der Waals surface area contributed by atoms with Crippen LogP contribution in [0.2, 0.25) is 0 Å². The van der Waals surface area contributed by atoms with Gasteiger partial charge in [0, 0.05) is 11.1 Å². The fourth-order valence-corrected chi connectivity index (χ4v) is 3.86. The predicted octanol–water partition coefficient (Wildman–Crippen LogP) is 3.33. The molecule has 31 heavy (non-hydrogen) atoms. The summed E-state index contributed by atoms with van der Waals surface area (Å²) in [5, 5.41) is 2.67. The molecule has 0 unspecified atom stereocenters. The Morgan fingerprint density at radius 3 is 2.13 bits per heavy atom. The van der Waals surface area contributed by atoms with Crippen molar-refractivity contribution in [2.24, 2.45) is 0 Å². The maximum atomic E-state index is 12.8. The van der Waals surface area contributed by atoms with Gasteiger partial charge in [0.1, 0.15) is 12.3 Å². The van der Waals surface area contributed by atoms with E-state index in [1.54, 1.807) is 72.8 Å². The summed E-state index contributed by atoms with van der Waals surface area (Å²) in [6, 6.07) is 21.6. The summed E-state index contributed by atoms with van der Waals surface area (Å²) in [6.45, 7) is -0.445. The Morgan fingerprint density at radius 1 is 0.903 bits per heavy atom. The molecule has 0 aromatic heterocycles. The molecule has 0 bridgehead atoms. The van der Waals surface area contributed by atoms with Crippen molar-refractivity contribution in [2.45, 2.75) is 0 Å². The average Bonchev–Trinajstić information content (AvgIpc) is 2.77. The van der Waals surface area contributed by atoms with E-state index in [0.29, 0.717) is 28.3 Å². The highest BCUT2D eigenvalue weighted by molar-refractivity contribution is 7.92. The van der Waals surface area contributed by atoms with Gasteiger partial charge in [-0.25, -0.2) is 8.42 Å². The topological polar surface area (TPSA) is 92.8 Å². The van der Waals surface area contributed by atoms with Gasteiger partial charge in [-0.05, 0) is 36.4 Å². The molecule has 1 N–H and O–H groups in total. The van der Waals surface area contributed by atoms with E-state index in [4.69, 9.17) is 4.74 Å². The Kier molecular flexibility index (Phi) is 6.71. The lowest BCUT2D eigenvalue weighted by Gasteiger charge is -2.22. The maximum Gasteiger partial charge on any atom is 0.245 e. The summed E-state index contributed by atoms with van der Waals surface area (Å²) < 4.78 is 30.7. The summed E-state index contributed by atoms with van der Waals surface area (Å²) in [4.78, 5) is 25.6. The van der Waals surface area contributed by atoms with Crippen molar-refractivity contribution in [2.75, 3.05) is 29.5 Å². The highest BCUT2D eigenvalue weighted by Gasteiger charge is 2.22. The molecule has 3 aromatic rings. The quantitative estimate of drug-likeness (QED) is 0.545. The summed E-state index contributed by atoms with van der Waals surface area (Å²) in [5.41, 5.74) is 1.44. The third kappa shape index (κ3) is 5.49. The molecule has 8 heteroatoms. The first-order valence-corrected chi connectivity index (χ1v) is 11.2. The van der Waals surface area contributed by atoms with Crippen LogP contribution in [0.1, 0.15) is 15.9 Å². The molecule has 160 valence electrons. The highest BCUT2D eigenvalue weighted by atomic mass is 32.2. The van der Waals surface area contributed by atoms with Crippen LogP contribution in [0.25, 0.3) is 0 Å². The van der Waals surface area contributed by atoms with Gasteiger partial charge in [-0.1, -0.05) is 42.5 Å². The number of ketones is 1. The molecule has 3 rings (SSSR count). The Balaban J connectivity index is 1.83. The monoisotopic (exact) mass is 438 g/mol. The van der Waals surface area contributed by atoms with Gasteiger partial charge in [-0.3, -0.25) is 13.9 Å². The molecule has 0 aliphatic rings. The Hall–Kier alpha value is -3.65. The van der Waals surface area contributed by atoms with Gasteiger partial charge in [0.05, 0.1) is 24.7 Å². The van der Waals surface area contributed by atoms with Crippen molar-refractivity contribution in [3.8, 4) is 5.75 Å². The maximum absolute atomic E-state index is 12.8. The molecular weight excluding hydrogens is 416 g/mol. The number of nitrogens with one attached hydrogen (secondary N) is 1. The third-order valence-corrected chi connectivity index (χ3v) is 5.67. The largest absolute Gasteiger partial charge is 0.497 e. The van der Waals surface area contributed by atoms with Crippen LogP contribution in [0.15, 0.2) is 78.9 Å². The van der Waals surface area contributed by atoms with E-state index in [1.165, 1.54) is 7.11 Å². The molecule has 1 amide bonds. The van der Waals surface area contributed by atoms with Crippen molar-refractivity contribution < 1.29 is 22.7 Å². The van der Waals surface area contributed by atoms with Crippen LogP contribution in [-0.4, -0.2) is 40.0 Å². The number of amides is 1. The Labute approximate surface area is 181 Å². The fraction of sp³-hybridized carbons (Fsp3) is 0.130. The molecule has 0 saturated carbocycles. The van der Waals surface area contributed by atoms with Crippen LogP contribution >= 0.6 is 0 Å². The van der Waals surface area contributed by atoms with E-state index < -0.39 is 22.5 Å². The molecule has 0 atom stereocenters. The molecule has 0 spiro atoms. The molecule has 3 aromatic carbocycles. The predicted molar refractivity (Wildman–Crippen MR) is 120 cm³/mol. The molecule has 0 aliphatic carbocycles. The van der Waals surface area contributed by atoms with E-state index in [1.807, 2.05) is 6.07 Å². The number of carbonyl (C=O) groups excluding carboxylic acids is 2. The number of hydrogen-bond donors (Lipinski definition) is 1. The van der Waals surface area contributed by atoms with E-state index >= 15 is 0 Å². The van der Waals surface area contributed by atoms with Crippen molar-refractivity contribution in [3.05, 3.63) is 90.0 Å². The first-order chi connectivity index (χ1) is 14.8. The first kappa shape index (κ1) is 22.0. The van der Waals surface area contributed by atoms with Gasteiger partial charge in [-0.15, -0.1) is 0 Å². The lowest BCUT2D eigenvalue weighted by atomic mass is 10.0. The van der Waals surface area contributed by atoms with Crippen LogP contribution in [-0.2, 0) is 14.8 Å². The number of para-hydroxylation sites is 1. The van der Waals surface area contributed by atoms with E-state index in [2.05, 4.69) is 5.32 Å². The van der Waals surface area contributed by atoms with Crippen LogP contribution in [0.4, 0.5) is 11.4 Å². The van der Waals surface area contributed by atoms with Crippen molar-refractivity contribution in [1.29, 1.82) is 0 Å².